The van der Waals surface area contributed by atoms with Gasteiger partial charge in [0.2, 0.25) is 5.91 Å². The molecule has 1 saturated heterocycles. The quantitative estimate of drug-likeness (QED) is 0.547. The van der Waals surface area contributed by atoms with Crippen LogP contribution in [0.2, 0.25) is 10.0 Å². The van der Waals surface area contributed by atoms with Gasteiger partial charge >= 0.3 is 5.97 Å². The lowest BCUT2D eigenvalue weighted by molar-refractivity contribution is -0.119. The normalized spacial score (nSPS) is 17.1. The number of thioether (sulfide) groups is 1. The van der Waals surface area contributed by atoms with E-state index in [9.17, 15) is 9.59 Å². The van der Waals surface area contributed by atoms with E-state index in [4.69, 9.17) is 33.0 Å². The zero-order valence-electron chi connectivity index (χ0n) is 16.2. The molecule has 1 unspecified atom stereocenters. The summed E-state index contributed by atoms with van der Waals surface area (Å²) in [5.41, 5.74) is 1.54. The van der Waals surface area contributed by atoms with E-state index >= 15 is 0 Å². The van der Waals surface area contributed by atoms with Crippen molar-refractivity contribution in [3.05, 3.63) is 44.4 Å². The number of carbonyl (C=O) groups is 2. The molecule has 1 atom stereocenters. The Hall–Kier alpha value is -1.36. The van der Waals surface area contributed by atoms with E-state index in [2.05, 4.69) is 15.2 Å². The first-order chi connectivity index (χ1) is 14.3. The number of nitrogens with zero attached hydrogens (tertiary/aromatic N) is 2. The number of hydrogen-bond acceptors (Lipinski definition) is 7. The number of ether oxygens (including phenoxy) is 1. The Morgan fingerprint density at radius 3 is 2.90 bits per heavy atom. The zero-order valence-corrected chi connectivity index (χ0v) is 19.3. The van der Waals surface area contributed by atoms with E-state index in [1.165, 1.54) is 11.8 Å². The van der Waals surface area contributed by atoms with Crippen LogP contribution in [0.3, 0.4) is 0 Å². The number of carbonyl (C=O) groups excluding carboxylic acids is 1. The minimum atomic E-state index is -0.999. The molecule has 11 heteroatoms. The zero-order chi connectivity index (χ0) is 21.7. The highest BCUT2D eigenvalue weighted by molar-refractivity contribution is 8.01. The van der Waals surface area contributed by atoms with E-state index in [0.717, 1.165) is 30.0 Å². The molecule has 3 rings (SSSR count). The summed E-state index contributed by atoms with van der Waals surface area (Å²) in [7, 11) is 0. The predicted octanol–water partition coefficient (Wildman–Crippen LogP) is 3.57. The van der Waals surface area contributed by atoms with Gasteiger partial charge in [-0.15, -0.1) is 11.3 Å². The van der Waals surface area contributed by atoms with Crippen molar-refractivity contribution in [2.75, 3.05) is 32.0 Å². The molecule has 0 aliphatic carbocycles. The number of halogens is 2. The molecule has 30 heavy (non-hydrogen) atoms. The summed E-state index contributed by atoms with van der Waals surface area (Å²) in [6.07, 6.45) is -0.101. The average molecular weight is 490 g/mol. The number of amides is 1. The van der Waals surface area contributed by atoms with Crippen LogP contribution in [-0.4, -0.2) is 65.0 Å². The van der Waals surface area contributed by atoms with Gasteiger partial charge in [-0.25, -0.2) is 9.78 Å². The molecule has 0 spiro atoms. The van der Waals surface area contributed by atoms with Crippen molar-refractivity contribution in [2.45, 2.75) is 23.9 Å². The molecule has 2 aromatic rings. The Bertz CT molecular complexity index is 925. The second kappa shape index (κ2) is 10.8. The van der Waals surface area contributed by atoms with Gasteiger partial charge in [0.15, 0.2) is 4.34 Å². The van der Waals surface area contributed by atoms with Gasteiger partial charge in [-0.1, -0.05) is 41.0 Å². The van der Waals surface area contributed by atoms with Crippen molar-refractivity contribution in [3.63, 3.8) is 0 Å². The van der Waals surface area contributed by atoms with Gasteiger partial charge in [0, 0.05) is 26.2 Å². The van der Waals surface area contributed by atoms with Crippen molar-refractivity contribution < 1.29 is 19.4 Å². The smallest absolute Gasteiger partial charge is 0.347 e. The molecular weight excluding hydrogens is 469 g/mol. The van der Waals surface area contributed by atoms with Crippen LogP contribution in [0.5, 0.6) is 0 Å². The number of hydrogen-bond donors (Lipinski definition) is 2. The number of carboxylic acids is 1. The minimum absolute atomic E-state index is 0.101. The maximum Gasteiger partial charge on any atom is 0.347 e. The number of aromatic nitrogens is 1. The molecule has 1 aliphatic heterocycles. The molecule has 1 aromatic carbocycles. The fourth-order valence-corrected chi connectivity index (χ4v) is 5.16. The second-order valence-electron chi connectivity index (χ2n) is 6.77. The van der Waals surface area contributed by atoms with Crippen LogP contribution in [0.15, 0.2) is 22.5 Å². The number of nitrogens with one attached hydrogen (secondary N) is 1. The fraction of sp³-hybridized carbons (Fsp3) is 0.421. The third-order valence-corrected chi connectivity index (χ3v) is 7.47. The summed E-state index contributed by atoms with van der Waals surface area (Å²) in [5.74, 6) is -0.970. The van der Waals surface area contributed by atoms with Gasteiger partial charge in [-0.05, 0) is 24.6 Å². The minimum Gasteiger partial charge on any atom is -0.477 e. The lowest BCUT2D eigenvalue weighted by Crippen LogP contribution is -2.47. The van der Waals surface area contributed by atoms with E-state index in [1.54, 1.807) is 13.0 Å². The third-order valence-electron chi connectivity index (χ3n) is 4.44. The van der Waals surface area contributed by atoms with Crippen molar-refractivity contribution in [3.8, 4) is 0 Å². The first-order valence-electron chi connectivity index (χ1n) is 9.20. The number of aryl methyl sites for hydroxylation is 1. The molecular formula is C19H21Cl2N3O4S2. The largest absolute Gasteiger partial charge is 0.477 e. The first-order valence-corrected chi connectivity index (χ1v) is 11.8. The Morgan fingerprint density at radius 1 is 1.40 bits per heavy atom. The fourth-order valence-electron chi connectivity index (χ4n) is 2.98. The van der Waals surface area contributed by atoms with Crippen molar-refractivity contribution in [1.29, 1.82) is 0 Å². The lowest BCUT2D eigenvalue weighted by atomic mass is 10.2. The maximum atomic E-state index is 12.2. The molecule has 2 heterocycles. The maximum absolute atomic E-state index is 12.2. The van der Waals surface area contributed by atoms with Crippen molar-refractivity contribution in [1.82, 2.24) is 15.2 Å². The third kappa shape index (κ3) is 6.57. The number of benzene rings is 1. The van der Waals surface area contributed by atoms with E-state index in [1.807, 2.05) is 12.1 Å². The van der Waals surface area contributed by atoms with Crippen LogP contribution >= 0.6 is 46.3 Å². The second-order valence-corrected chi connectivity index (χ2v) is 9.80. The summed E-state index contributed by atoms with van der Waals surface area (Å²) in [6, 6.07) is 5.61. The number of morpholine rings is 1. The van der Waals surface area contributed by atoms with Crippen LogP contribution in [0, 0.1) is 6.92 Å². The van der Waals surface area contributed by atoms with E-state index in [-0.39, 0.29) is 22.6 Å². The van der Waals surface area contributed by atoms with Gasteiger partial charge in [0.1, 0.15) is 4.88 Å². The highest BCUT2D eigenvalue weighted by Gasteiger charge is 2.21. The van der Waals surface area contributed by atoms with Crippen LogP contribution in [0.1, 0.15) is 20.9 Å². The molecule has 7 nitrogen and oxygen atoms in total. The summed E-state index contributed by atoms with van der Waals surface area (Å²) < 4.78 is 6.33. The van der Waals surface area contributed by atoms with Gasteiger partial charge in [0.25, 0.3) is 0 Å². The molecule has 1 fully saturated rings. The van der Waals surface area contributed by atoms with Crippen LogP contribution in [0.4, 0.5) is 0 Å². The summed E-state index contributed by atoms with van der Waals surface area (Å²) in [4.78, 5) is 29.9. The Kier molecular flexibility index (Phi) is 8.38. The SMILES string of the molecule is Cc1nc(SCC(=O)NCC2CN(Cc3ccc(Cl)c(Cl)c3)CCO2)sc1C(=O)O. The standard InChI is InChI=1S/C19H21Cl2N3O4S2/c1-11-17(18(26)27)30-19(23-11)29-10-16(25)22-7-13-9-24(4-5-28-13)8-12-2-3-14(20)15(21)6-12/h2-3,6,13H,4-5,7-10H2,1H3,(H,22,25)(H,26,27). The first kappa shape index (κ1) is 23.3. The van der Waals surface area contributed by atoms with Crippen molar-refractivity contribution >= 4 is 58.2 Å². The summed E-state index contributed by atoms with van der Waals surface area (Å²) in [6.45, 7) is 4.88. The molecule has 1 aromatic heterocycles. The Labute approximate surface area is 192 Å². The van der Waals surface area contributed by atoms with Gasteiger partial charge in [-0.2, -0.15) is 0 Å². The number of carboxylic acid groups (broad SMARTS) is 1. The van der Waals surface area contributed by atoms with Crippen molar-refractivity contribution in [2.24, 2.45) is 0 Å². The molecule has 1 aliphatic rings. The van der Waals surface area contributed by atoms with Crippen LogP contribution in [-0.2, 0) is 16.1 Å². The molecule has 1 amide bonds. The molecule has 2 N–H and O–H groups in total. The van der Waals surface area contributed by atoms with Gasteiger partial charge < -0.3 is 15.2 Å². The molecule has 0 radical (unpaired) electrons. The number of thiazole rings is 1. The summed E-state index contributed by atoms with van der Waals surface area (Å²) in [5, 5.41) is 13.0. The van der Waals surface area contributed by atoms with Gasteiger partial charge in [-0.3, -0.25) is 9.69 Å². The summed E-state index contributed by atoms with van der Waals surface area (Å²) >= 11 is 14.4. The predicted molar refractivity (Wildman–Crippen MR) is 119 cm³/mol. The monoisotopic (exact) mass is 489 g/mol. The number of rotatable bonds is 8. The Balaban J connectivity index is 1.42. The van der Waals surface area contributed by atoms with Gasteiger partial charge in [0.05, 0.1) is 34.2 Å². The molecule has 162 valence electrons. The Morgan fingerprint density at radius 2 is 2.20 bits per heavy atom. The van der Waals surface area contributed by atoms with Crippen LogP contribution in [0.25, 0.3) is 0 Å². The van der Waals surface area contributed by atoms with E-state index in [0.29, 0.717) is 39.8 Å². The lowest BCUT2D eigenvalue weighted by Gasteiger charge is -2.33. The highest BCUT2D eigenvalue weighted by atomic mass is 35.5. The topological polar surface area (TPSA) is 91.8 Å². The molecule has 0 saturated carbocycles. The molecule has 0 bridgehead atoms. The number of aromatic carboxylic acids is 1. The van der Waals surface area contributed by atoms with Crippen LogP contribution < -0.4 is 5.32 Å². The van der Waals surface area contributed by atoms with E-state index < -0.39 is 5.97 Å². The average Bonchev–Trinajstić information content (AvgIpc) is 3.09. The highest BCUT2D eigenvalue weighted by Crippen LogP contribution is 2.27.